The van der Waals surface area contributed by atoms with Crippen molar-refractivity contribution in [2.24, 2.45) is 0 Å². The number of pyridine rings is 2. The maximum Gasteiger partial charge on any atom is 0.152 e. The molecule has 25 heavy (non-hydrogen) atoms. The quantitative estimate of drug-likeness (QED) is 0.645. The van der Waals surface area contributed by atoms with Gasteiger partial charge in [-0.15, -0.1) is 0 Å². The first-order valence-electron chi connectivity index (χ1n) is 8.25. The Kier molecular flexibility index (Phi) is 4.68. The van der Waals surface area contributed by atoms with E-state index in [1.165, 1.54) is 12.1 Å². The van der Waals surface area contributed by atoms with Gasteiger partial charge in [-0.2, -0.15) is 0 Å². The highest BCUT2D eigenvalue weighted by Crippen LogP contribution is 2.35. The number of aromatic nitrogens is 2. The van der Waals surface area contributed by atoms with Crippen molar-refractivity contribution >= 4 is 10.9 Å². The molecule has 3 rings (SSSR count). The fourth-order valence-electron chi connectivity index (χ4n) is 2.79. The van der Waals surface area contributed by atoms with Crippen molar-refractivity contribution in [2.45, 2.75) is 33.3 Å². The molecule has 0 bridgehead atoms. The number of ether oxygens (including phenoxy) is 2. The van der Waals surface area contributed by atoms with Gasteiger partial charge in [0.1, 0.15) is 22.9 Å². The largest absolute Gasteiger partial charge is 0.453 e. The lowest BCUT2D eigenvalue weighted by molar-refractivity contribution is -0.0186. The SMILES string of the molecule is CCOC(C)(C)c1ncccc1Oc1cc2ccc(F)cc2nc1C. The molecule has 0 aliphatic rings. The van der Waals surface area contributed by atoms with Gasteiger partial charge >= 0.3 is 0 Å². The summed E-state index contributed by atoms with van der Waals surface area (Å²) in [4.78, 5) is 8.89. The van der Waals surface area contributed by atoms with Gasteiger partial charge in [0.2, 0.25) is 0 Å². The Morgan fingerprint density at radius 3 is 2.68 bits per heavy atom. The van der Waals surface area contributed by atoms with E-state index >= 15 is 0 Å². The van der Waals surface area contributed by atoms with Crippen LogP contribution in [0.1, 0.15) is 32.2 Å². The van der Waals surface area contributed by atoms with Gasteiger partial charge in [-0.05, 0) is 58.0 Å². The molecule has 0 amide bonds. The van der Waals surface area contributed by atoms with Gasteiger partial charge in [-0.3, -0.25) is 4.98 Å². The van der Waals surface area contributed by atoms with Crippen LogP contribution >= 0.6 is 0 Å². The molecule has 5 heteroatoms. The smallest absolute Gasteiger partial charge is 0.152 e. The normalized spacial score (nSPS) is 11.7. The second kappa shape index (κ2) is 6.76. The minimum absolute atomic E-state index is 0.305. The minimum atomic E-state index is -0.577. The molecule has 0 radical (unpaired) electrons. The van der Waals surface area contributed by atoms with Crippen molar-refractivity contribution in [1.29, 1.82) is 0 Å². The lowest BCUT2D eigenvalue weighted by atomic mass is 10.0. The van der Waals surface area contributed by atoms with Crippen LogP contribution in [-0.2, 0) is 10.3 Å². The number of benzene rings is 1. The van der Waals surface area contributed by atoms with E-state index in [0.717, 1.165) is 11.1 Å². The Labute approximate surface area is 146 Å². The molecule has 0 aliphatic carbocycles. The minimum Gasteiger partial charge on any atom is -0.453 e. The lowest BCUT2D eigenvalue weighted by Crippen LogP contribution is -2.23. The van der Waals surface area contributed by atoms with E-state index in [0.29, 0.717) is 29.3 Å². The Morgan fingerprint density at radius 2 is 1.92 bits per heavy atom. The number of hydrogen-bond donors (Lipinski definition) is 0. The molecule has 1 aromatic carbocycles. The number of nitrogens with zero attached hydrogens (tertiary/aromatic N) is 2. The highest BCUT2D eigenvalue weighted by Gasteiger charge is 2.27. The Balaban J connectivity index is 2.02. The molecule has 0 unspecified atom stereocenters. The molecule has 0 saturated heterocycles. The standard InChI is InChI=1S/C20H21FN2O2/c1-5-24-20(3,4)19-17(7-6-10-22-19)25-18-11-14-8-9-15(21)12-16(14)23-13(18)2/h6-12H,5H2,1-4H3. The van der Waals surface area contributed by atoms with Crippen molar-refractivity contribution in [2.75, 3.05) is 6.61 Å². The Bertz CT molecular complexity index is 909. The third-order valence-electron chi connectivity index (χ3n) is 3.99. The van der Waals surface area contributed by atoms with Gasteiger partial charge in [0.15, 0.2) is 5.75 Å². The van der Waals surface area contributed by atoms with E-state index in [1.54, 1.807) is 12.3 Å². The summed E-state index contributed by atoms with van der Waals surface area (Å²) in [7, 11) is 0. The highest BCUT2D eigenvalue weighted by atomic mass is 19.1. The molecule has 0 atom stereocenters. The van der Waals surface area contributed by atoms with Gasteiger partial charge in [0.05, 0.1) is 11.2 Å². The maximum atomic E-state index is 13.4. The van der Waals surface area contributed by atoms with Gasteiger partial charge < -0.3 is 9.47 Å². The topological polar surface area (TPSA) is 44.2 Å². The molecule has 2 aromatic heterocycles. The number of rotatable bonds is 5. The fraction of sp³-hybridized carbons (Fsp3) is 0.300. The fourth-order valence-corrected chi connectivity index (χ4v) is 2.79. The molecule has 0 N–H and O–H groups in total. The van der Waals surface area contributed by atoms with Crippen LogP contribution in [0.4, 0.5) is 4.39 Å². The van der Waals surface area contributed by atoms with Gasteiger partial charge in [-0.1, -0.05) is 0 Å². The number of hydrogen-bond acceptors (Lipinski definition) is 4. The maximum absolute atomic E-state index is 13.4. The van der Waals surface area contributed by atoms with E-state index < -0.39 is 5.60 Å². The molecular formula is C20H21FN2O2. The molecule has 130 valence electrons. The lowest BCUT2D eigenvalue weighted by Gasteiger charge is -2.26. The molecule has 0 saturated carbocycles. The van der Waals surface area contributed by atoms with Crippen LogP contribution in [0.25, 0.3) is 10.9 Å². The van der Waals surface area contributed by atoms with E-state index in [4.69, 9.17) is 9.47 Å². The van der Waals surface area contributed by atoms with Crippen LogP contribution in [0.2, 0.25) is 0 Å². The molecule has 0 aliphatic heterocycles. The van der Waals surface area contributed by atoms with Gasteiger partial charge in [-0.25, -0.2) is 9.37 Å². The molecular weight excluding hydrogens is 319 g/mol. The molecule has 0 spiro atoms. The van der Waals surface area contributed by atoms with Crippen LogP contribution < -0.4 is 4.74 Å². The van der Waals surface area contributed by atoms with Crippen LogP contribution in [0.5, 0.6) is 11.5 Å². The van der Waals surface area contributed by atoms with Crippen LogP contribution in [0.3, 0.4) is 0 Å². The number of fused-ring (bicyclic) bond motifs is 1. The van der Waals surface area contributed by atoms with Crippen LogP contribution in [-0.4, -0.2) is 16.6 Å². The summed E-state index contributed by atoms with van der Waals surface area (Å²) < 4.78 is 25.3. The molecule has 3 aromatic rings. The first-order valence-corrected chi connectivity index (χ1v) is 8.25. The van der Waals surface area contributed by atoms with Gasteiger partial charge in [0, 0.05) is 24.3 Å². The number of halogens is 1. The number of aryl methyl sites for hydroxylation is 1. The first-order chi connectivity index (χ1) is 11.9. The summed E-state index contributed by atoms with van der Waals surface area (Å²) in [6.07, 6.45) is 1.72. The van der Waals surface area contributed by atoms with E-state index in [2.05, 4.69) is 9.97 Å². The summed E-state index contributed by atoms with van der Waals surface area (Å²) in [6.45, 7) is 8.27. The second-order valence-corrected chi connectivity index (χ2v) is 6.30. The van der Waals surface area contributed by atoms with E-state index in [-0.39, 0.29) is 5.82 Å². The third-order valence-corrected chi connectivity index (χ3v) is 3.99. The first kappa shape index (κ1) is 17.3. The summed E-state index contributed by atoms with van der Waals surface area (Å²) in [5.41, 5.74) is 1.43. The van der Waals surface area contributed by atoms with Crippen molar-refractivity contribution in [1.82, 2.24) is 9.97 Å². The average Bonchev–Trinajstić information content (AvgIpc) is 2.56. The predicted octanol–water partition coefficient (Wildman–Crippen LogP) is 5.14. The average molecular weight is 340 g/mol. The van der Waals surface area contributed by atoms with E-state index in [9.17, 15) is 4.39 Å². The van der Waals surface area contributed by atoms with Crippen molar-refractivity contribution in [3.8, 4) is 11.5 Å². The summed E-state index contributed by atoms with van der Waals surface area (Å²) >= 11 is 0. The second-order valence-electron chi connectivity index (χ2n) is 6.30. The zero-order valence-electron chi connectivity index (χ0n) is 14.8. The zero-order valence-corrected chi connectivity index (χ0v) is 14.8. The summed E-state index contributed by atoms with van der Waals surface area (Å²) in [5.74, 6) is 0.925. The van der Waals surface area contributed by atoms with E-state index in [1.807, 2.05) is 45.9 Å². The predicted molar refractivity (Wildman–Crippen MR) is 95.4 cm³/mol. The summed E-state index contributed by atoms with van der Waals surface area (Å²) in [5, 5.41) is 0.816. The van der Waals surface area contributed by atoms with Crippen molar-refractivity contribution < 1.29 is 13.9 Å². The monoisotopic (exact) mass is 340 g/mol. The molecule has 0 fully saturated rings. The Hall–Kier alpha value is -2.53. The third kappa shape index (κ3) is 3.61. The van der Waals surface area contributed by atoms with Crippen LogP contribution in [0.15, 0.2) is 42.6 Å². The Morgan fingerprint density at radius 1 is 1.12 bits per heavy atom. The van der Waals surface area contributed by atoms with Crippen LogP contribution in [0, 0.1) is 12.7 Å². The highest BCUT2D eigenvalue weighted by molar-refractivity contribution is 5.80. The van der Waals surface area contributed by atoms with Crippen molar-refractivity contribution in [3.05, 3.63) is 59.8 Å². The molecule has 4 nitrogen and oxygen atoms in total. The van der Waals surface area contributed by atoms with Crippen molar-refractivity contribution in [3.63, 3.8) is 0 Å². The van der Waals surface area contributed by atoms with Gasteiger partial charge in [0.25, 0.3) is 0 Å². The summed E-state index contributed by atoms with van der Waals surface area (Å²) in [6, 6.07) is 10.1. The zero-order chi connectivity index (χ0) is 18.0. The molecule has 2 heterocycles.